The maximum Gasteiger partial charge on any atom is 0.0922 e. The molecule has 2 unspecified atom stereocenters. The first-order chi connectivity index (χ1) is 10.0. The Morgan fingerprint density at radius 1 is 1.14 bits per heavy atom. The number of hydrogen-bond donors (Lipinski definition) is 1. The van der Waals surface area contributed by atoms with E-state index in [0.29, 0.717) is 0 Å². The van der Waals surface area contributed by atoms with Gasteiger partial charge < -0.3 is 5.11 Å². The predicted octanol–water partition coefficient (Wildman–Crippen LogP) is 2.43. The van der Waals surface area contributed by atoms with Crippen LogP contribution >= 0.6 is 0 Å². The van der Waals surface area contributed by atoms with E-state index in [1.54, 1.807) is 0 Å². The Labute approximate surface area is 128 Å². The quantitative estimate of drug-likeness (QED) is 0.925. The number of nitrogens with zero attached hydrogens (tertiary/aromatic N) is 2. The molecule has 0 saturated carbocycles. The molecular formula is C18H28N2O. The van der Waals surface area contributed by atoms with E-state index in [-0.39, 0.29) is 6.10 Å². The Morgan fingerprint density at radius 2 is 1.86 bits per heavy atom. The fraction of sp³-hybridized carbons (Fsp3) is 0.667. The molecule has 0 spiro atoms. The van der Waals surface area contributed by atoms with Crippen molar-refractivity contribution in [3.8, 4) is 0 Å². The average Bonchev–Trinajstić information content (AvgIpc) is 2.84. The van der Waals surface area contributed by atoms with Crippen LogP contribution in [0.2, 0.25) is 0 Å². The Hall–Kier alpha value is -0.900. The van der Waals surface area contributed by atoms with E-state index in [1.807, 2.05) is 0 Å². The van der Waals surface area contributed by atoms with E-state index in [2.05, 4.69) is 42.7 Å². The highest BCUT2D eigenvalue weighted by molar-refractivity contribution is 5.39. The van der Waals surface area contributed by atoms with Crippen molar-refractivity contribution in [3.05, 3.63) is 34.4 Å². The van der Waals surface area contributed by atoms with Crippen molar-refractivity contribution in [2.45, 2.75) is 45.8 Å². The van der Waals surface area contributed by atoms with Gasteiger partial charge in [0.1, 0.15) is 0 Å². The number of aliphatic hydroxyl groups is 1. The van der Waals surface area contributed by atoms with E-state index in [4.69, 9.17) is 0 Å². The number of rotatable bonds is 3. The molecule has 1 aromatic carbocycles. The molecule has 0 amide bonds. The second kappa shape index (κ2) is 6.07. The topological polar surface area (TPSA) is 26.7 Å². The Balaban J connectivity index is 1.68. The second-order valence-electron chi connectivity index (χ2n) is 6.92. The monoisotopic (exact) mass is 288 g/mol. The SMILES string of the molecule is Cc1cc(C)c(C(O)CN2CCN3CCCC3C2)c(C)c1. The second-order valence-corrected chi connectivity index (χ2v) is 6.92. The molecule has 2 aliphatic rings. The molecule has 2 saturated heterocycles. The number of hydrogen-bond acceptors (Lipinski definition) is 3. The lowest BCUT2D eigenvalue weighted by Gasteiger charge is -2.38. The molecule has 3 heteroatoms. The van der Waals surface area contributed by atoms with Crippen LogP contribution in [-0.2, 0) is 0 Å². The predicted molar refractivity (Wildman–Crippen MR) is 86.6 cm³/mol. The van der Waals surface area contributed by atoms with Crippen LogP contribution in [0.15, 0.2) is 12.1 Å². The summed E-state index contributed by atoms with van der Waals surface area (Å²) in [6.45, 7) is 11.8. The van der Waals surface area contributed by atoms with Crippen molar-refractivity contribution in [2.24, 2.45) is 0 Å². The molecule has 0 radical (unpaired) electrons. The minimum Gasteiger partial charge on any atom is -0.387 e. The van der Waals surface area contributed by atoms with E-state index < -0.39 is 0 Å². The lowest BCUT2D eigenvalue weighted by Crippen LogP contribution is -2.51. The summed E-state index contributed by atoms with van der Waals surface area (Å²) in [7, 11) is 0. The fourth-order valence-electron chi connectivity index (χ4n) is 4.27. The van der Waals surface area contributed by atoms with Gasteiger partial charge in [-0.3, -0.25) is 9.80 Å². The van der Waals surface area contributed by atoms with Crippen molar-refractivity contribution in [2.75, 3.05) is 32.7 Å². The molecule has 0 aliphatic carbocycles. The Kier molecular flexibility index (Phi) is 4.34. The molecule has 3 rings (SSSR count). The average molecular weight is 288 g/mol. The number of β-amino-alcohol motifs (C(OH)–C–C–N with tert-alkyl or cyclic N) is 1. The van der Waals surface area contributed by atoms with E-state index in [1.165, 1.54) is 42.6 Å². The molecular weight excluding hydrogens is 260 g/mol. The zero-order valence-electron chi connectivity index (χ0n) is 13.6. The summed E-state index contributed by atoms with van der Waals surface area (Å²) in [6.07, 6.45) is 2.31. The van der Waals surface area contributed by atoms with Gasteiger partial charge >= 0.3 is 0 Å². The van der Waals surface area contributed by atoms with Crippen LogP contribution in [0.5, 0.6) is 0 Å². The summed E-state index contributed by atoms with van der Waals surface area (Å²) in [5.41, 5.74) is 4.86. The van der Waals surface area contributed by atoms with Gasteiger partial charge in [-0.05, 0) is 56.8 Å². The minimum atomic E-state index is -0.362. The van der Waals surface area contributed by atoms with Crippen molar-refractivity contribution in [3.63, 3.8) is 0 Å². The maximum atomic E-state index is 10.7. The van der Waals surface area contributed by atoms with Crippen molar-refractivity contribution >= 4 is 0 Å². The highest BCUT2D eigenvalue weighted by atomic mass is 16.3. The summed E-state index contributed by atoms with van der Waals surface area (Å²) in [5.74, 6) is 0. The van der Waals surface area contributed by atoms with Gasteiger partial charge in [0.2, 0.25) is 0 Å². The normalized spacial score (nSPS) is 25.0. The smallest absolute Gasteiger partial charge is 0.0922 e. The van der Waals surface area contributed by atoms with Crippen molar-refractivity contribution in [1.82, 2.24) is 9.80 Å². The number of benzene rings is 1. The third-order valence-corrected chi connectivity index (χ3v) is 5.17. The summed E-state index contributed by atoms with van der Waals surface area (Å²) in [5, 5.41) is 10.7. The molecule has 0 aromatic heterocycles. The van der Waals surface area contributed by atoms with Gasteiger partial charge in [0.05, 0.1) is 6.10 Å². The molecule has 1 N–H and O–H groups in total. The van der Waals surface area contributed by atoms with Crippen molar-refractivity contribution in [1.29, 1.82) is 0 Å². The van der Waals surface area contributed by atoms with Gasteiger partial charge in [0.25, 0.3) is 0 Å². The van der Waals surface area contributed by atoms with Crippen LogP contribution < -0.4 is 0 Å². The van der Waals surface area contributed by atoms with E-state index >= 15 is 0 Å². The van der Waals surface area contributed by atoms with Gasteiger partial charge in [0.15, 0.2) is 0 Å². The van der Waals surface area contributed by atoms with Gasteiger partial charge in [0, 0.05) is 32.2 Å². The number of aryl methyl sites for hydroxylation is 3. The van der Waals surface area contributed by atoms with Crippen molar-refractivity contribution < 1.29 is 5.11 Å². The van der Waals surface area contributed by atoms with Crippen LogP contribution in [0.4, 0.5) is 0 Å². The molecule has 2 fully saturated rings. The Morgan fingerprint density at radius 3 is 2.57 bits per heavy atom. The molecule has 2 aliphatic heterocycles. The van der Waals surface area contributed by atoms with Gasteiger partial charge in [-0.2, -0.15) is 0 Å². The van der Waals surface area contributed by atoms with Gasteiger partial charge in [-0.1, -0.05) is 17.7 Å². The van der Waals surface area contributed by atoms with Crippen LogP contribution in [0.25, 0.3) is 0 Å². The highest BCUT2D eigenvalue weighted by Gasteiger charge is 2.31. The lowest BCUT2D eigenvalue weighted by atomic mass is 9.95. The van der Waals surface area contributed by atoms with E-state index in [0.717, 1.165) is 31.2 Å². The number of fused-ring (bicyclic) bond motifs is 1. The summed E-state index contributed by atoms with van der Waals surface area (Å²) in [4.78, 5) is 5.07. The minimum absolute atomic E-state index is 0.362. The molecule has 2 atom stereocenters. The standard InChI is InChI=1S/C18H28N2O/c1-13-9-14(2)18(15(3)10-13)17(21)12-19-7-8-20-6-4-5-16(20)11-19/h9-10,16-17,21H,4-8,11-12H2,1-3H3. The Bertz CT molecular complexity index is 491. The molecule has 3 nitrogen and oxygen atoms in total. The van der Waals surface area contributed by atoms with Crippen LogP contribution in [0.3, 0.4) is 0 Å². The first kappa shape index (κ1) is 15.0. The lowest BCUT2D eigenvalue weighted by molar-refractivity contribution is 0.0561. The first-order valence-corrected chi connectivity index (χ1v) is 8.27. The van der Waals surface area contributed by atoms with E-state index in [9.17, 15) is 5.11 Å². The summed E-state index contributed by atoms with van der Waals surface area (Å²) >= 11 is 0. The first-order valence-electron chi connectivity index (χ1n) is 8.27. The zero-order chi connectivity index (χ0) is 15.0. The molecule has 21 heavy (non-hydrogen) atoms. The molecule has 2 heterocycles. The van der Waals surface area contributed by atoms with Crippen LogP contribution in [-0.4, -0.2) is 53.7 Å². The molecule has 116 valence electrons. The van der Waals surface area contributed by atoms with Gasteiger partial charge in [-0.15, -0.1) is 0 Å². The van der Waals surface area contributed by atoms with Crippen LogP contribution in [0, 0.1) is 20.8 Å². The number of piperazine rings is 1. The fourth-order valence-corrected chi connectivity index (χ4v) is 4.27. The summed E-state index contributed by atoms with van der Waals surface area (Å²) in [6, 6.07) is 5.09. The zero-order valence-corrected chi connectivity index (χ0v) is 13.6. The molecule has 0 bridgehead atoms. The van der Waals surface area contributed by atoms with Crippen LogP contribution in [0.1, 0.15) is 41.2 Å². The molecule has 1 aromatic rings. The largest absolute Gasteiger partial charge is 0.387 e. The number of aliphatic hydroxyl groups excluding tert-OH is 1. The maximum absolute atomic E-state index is 10.7. The third kappa shape index (κ3) is 3.15. The van der Waals surface area contributed by atoms with Gasteiger partial charge in [-0.25, -0.2) is 0 Å². The summed E-state index contributed by atoms with van der Waals surface area (Å²) < 4.78 is 0. The third-order valence-electron chi connectivity index (χ3n) is 5.17. The highest BCUT2D eigenvalue weighted by Crippen LogP contribution is 2.27.